The van der Waals surface area contributed by atoms with Crippen LogP contribution in [-0.2, 0) is 10.8 Å². The Hall–Kier alpha value is -0.520. The Labute approximate surface area is 95.9 Å². The number of nitrogens with zero attached hydrogens (tertiary/aromatic N) is 2. The third-order valence-electron chi connectivity index (χ3n) is 2.37. The van der Waals surface area contributed by atoms with Crippen molar-refractivity contribution in [3.8, 4) is 0 Å². The Morgan fingerprint density at radius 1 is 1.33 bits per heavy atom. The van der Waals surface area contributed by atoms with Crippen molar-refractivity contribution >= 4 is 22.4 Å². The first-order chi connectivity index (χ1) is 7.27. The zero-order chi connectivity index (χ0) is 10.7. The van der Waals surface area contributed by atoms with Gasteiger partial charge in [-0.2, -0.15) is 0 Å². The molecule has 1 aliphatic rings. The summed E-state index contributed by atoms with van der Waals surface area (Å²) in [5, 5.41) is 4.28. The minimum absolute atomic E-state index is 0.174. The molecule has 0 unspecified atom stereocenters. The van der Waals surface area contributed by atoms with Crippen molar-refractivity contribution in [3.05, 3.63) is 17.4 Å². The van der Waals surface area contributed by atoms with Gasteiger partial charge in [0.05, 0.1) is 28.2 Å². The van der Waals surface area contributed by atoms with Crippen molar-refractivity contribution < 1.29 is 4.21 Å². The van der Waals surface area contributed by atoms with Gasteiger partial charge in [-0.15, -0.1) is 0 Å². The molecule has 0 amide bonds. The Kier molecular flexibility index (Phi) is 3.66. The van der Waals surface area contributed by atoms with E-state index < -0.39 is 10.8 Å². The van der Waals surface area contributed by atoms with Gasteiger partial charge in [0.2, 0.25) is 5.16 Å². The summed E-state index contributed by atoms with van der Waals surface area (Å²) in [6.45, 7) is 1.84. The summed E-state index contributed by atoms with van der Waals surface area (Å²) in [6.07, 6.45) is 4.81. The maximum absolute atomic E-state index is 12.0. The van der Waals surface area contributed by atoms with Crippen molar-refractivity contribution in [2.75, 3.05) is 13.1 Å². The molecule has 0 radical (unpaired) electrons. The van der Waals surface area contributed by atoms with Crippen LogP contribution in [0.15, 0.2) is 17.6 Å². The fraction of sp³-hybridized carbons (Fsp3) is 0.556. The van der Waals surface area contributed by atoms with Gasteiger partial charge in [0.15, 0.2) is 0 Å². The molecule has 1 fully saturated rings. The Morgan fingerprint density at radius 3 is 2.53 bits per heavy atom. The van der Waals surface area contributed by atoms with E-state index in [0.29, 0.717) is 10.2 Å². The molecule has 0 aliphatic carbocycles. The van der Waals surface area contributed by atoms with Crippen molar-refractivity contribution in [2.45, 2.75) is 23.2 Å². The number of rotatable bonds is 2. The van der Waals surface area contributed by atoms with E-state index in [0.717, 1.165) is 25.9 Å². The maximum Gasteiger partial charge on any atom is 0.218 e. The van der Waals surface area contributed by atoms with Gasteiger partial charge in [-0.3, -0.25) is 4.21 Å². The largest absolute Gasteiger partial charge is 0.317 e. The highest BCUT2D eigenvalue weighted by atomic mass is 35.5. The van der Waals surface area contributed by atoms with Crippen LogP contribution in [0.5, 0.6) is 0 Å². The zero-order valence-corrected chi connectivity index (χ0v) is 9.72. The monoisotopic (exact) mass is 245 g/mol. The molecular weight excluding hydrogens is 234 g/mol. The van der Waals surface area contributed by atoms with E-state index in [4.69, 9.17) is 11.6 Å². The lowest BCUT2D eigenvalue weighted by molar-refractivity contribution is 0.517. The van der Waals surface area contributed by atoms with Gasteiger partial charge in [-0.05, 0) is 25.9 Å². The Morgan fingerprint density at radius 2 is 1.93 bits per heavy atom. The molecular formula is C9H12ClN3OS. The molecule has 6 heteroatoms. The smallest absolute Gasteiger partial charge is 0.218 e. The molecule has 0 saturated carbocycles. The van der Waals surface area contributed by atoms with Crippen molar-refractivity contribution in [3.63, 3.8) is 0 Å². The maximum atomic E-state index is 12.0. The van der Waals surface area contributed by atoms with E-state index in [1.807, 2.05) is 0 Å². The van der Waals surface area contributed by atoms with Crippen LogP contribution in [0.2, 0.25) is 5.02 Å². The van der Waals surface area contributed by atoms with Crippen LogP contribution in [-0.4, -0.2) is 32.5 Å². The van der Waals surface area contributed by atoms with E-state index in [1.165, 1.54) is 12.4 Å². The molecule has 1 N–H and O–H groups in total. The number of halogens is 1. The normalized spacial score (nSPS) is 20.1. The number of nitrogens with one attached hydrogen (secondary N) is 1. The molecule has 0 bridgehead atoms. The SMILES string of the molecule is O=[S@](c1ncc(Cl)cn1)C1CCNCC1. The van der Waals surface area contributed by atoms with Crippen LogP contribution in [0.25, 0.3) is 0 Å². The van der Waals surface area contributed by atoms with E-state index in [2.05, 4.69) is 15.3 Å². The van der Waals surface area contributed by atoms with E-state index in [-0.39, 0.29) is 5.25 Å². The first-order valence-electron chi connectivity index (χ1n) is 4.86. The van der Waals surface area contributed by atoms with Gasteiger partial charge in [0.25, 0.3) is 0 Å². The Balaban J connectivity index is 2.09. The van der Waals surface area contributed by atoms with E-state index in [1.54, 1.807) is 0 Å². The van der Waals surface area contributed by atoms with Gasteiger partial charge in [-0.1, -0.05) is 11.6 Å². The van der Waals surface area contributed by atoms with Crippen LogP contribution in [0.1, 0.15) is 12.8 Å². The summed E-state index contributed by atoms with van der Waals surface area (Å²) >= 11 is 5.67. The summed E-state index contributed by atoms with van der Waals surface area (Å²) in [5.74, 6) is 0. The topological polar surface area (TPSA) is 54.9 Å². The Bertz CT molecular complexity index is 351. The third-order valence-corrected chi connectivity index (χ3v) is 4.21. The van der Waals surface area contributed by atoms with Crippen LogP contribution >= 0.6 is 11.6 Å². The molecule has 1 aromatic rings. The average molecular weight is 246 g/mol. The molecule has 1 atom stereocenters. The summed E-state index contributed by atoms with van der Waals surface area (Å²) in [7, 11) is -1.10. The van der Waals surface area contributed by atoms with Crippen LogP contribution < -0.4 is 5.32 Å². The minimum Gasteiger partial charge on any atom is -0.317 e. The fourth-order valence-electron chi connectivity index (χ4n) is 1.56. The zero-order valence-electron chi connectivity index (χ0n) is 8.15. The summed E-state index contributed by atoms with van der Waals surface area (Å²) in [4.78, 5) is 7.98. The summed E-state index contributed by atoms with van der Waals surface area (Å²) in [6, 6.07) is 0. The molecule has 4 nitrogen and oxygen atoms in total. The highest BCUT2D eigenvalue weighted by Gasteiger charge is 2.22. The second-order valence-corrected chi connectivity index (χ2v) is 5.49. The first kappa shape index (κ1) is 11.0. The lowest BCUT2D eigenvalue weighted by atomic mass is 10.2. The molecule has 1 aromatic heterocycles. The van der Waals surface area contributed by atoms with Crippen LogP contribution in [0, 0.1) is 0 Å². The van der Waals surface area contributed by atoms with Gasteiger partial charge < -0.3 is 5.32 Å². The van der Waals surface area contributed by atoms with Crippen molar-refractivity contribution in [2.24, 2.45) is 0 Å². The van der Waals surface area contributed by atoms with Crippen molar-refractivity contribution in [1.29, 1.82) is 0 Å². The van der Waals surface area contributed by atoms with E-state index >= 15 is 0 Å². The number of aromatic nitrogens is 2. The lowest BCUT2D eigenvalue weighted by Crippen LogP contribution is -2.33. The van der Waals surface area contributed by atoms with Crippen LogP contribution in [0.3, 0.4) is 0 Å². The molecule has 82 valence electrons. The molecule has 1 aliphatic heterocycles. The molecule has 2 heterocycles. The molecule has 1 saturated heterocycles. The number of hydrogen-bond acceptors (Lipinski definition) is 4. The summed E-state index contributed by atoms with van der Waals surface area (Å²) in [5.41, 5.74) is 0. The molecule has 0 spiro atoms. The molecule has 2 rings (SSSR count). The standard InChI is InChI=1S/C9H12ClN3OS/c10-7-5-12-9(13-6-7)15(14)8-1-3-11-4-2-8/h5-6,8,11H,1-4H2/t15-/m0/s1. The van der Waals surface area contributed by atoms with Gasteiger partial charge >= 0.3 is 0 Å². The number of piperidine rings is 1. The predicted molar refractivity (Wildman–Crippen MR) is 59.3 cm³/mol. The van der Waals surface area contributed by atoms with Gasteiger partial charge in [-0.25, -0.2) is 9.97 Å². The quantitative estimate of drug-likeness (QED) is 0.790. The van der Waals surface area contributed by atoms with E-state index in [9.17, 15) is 4.21 Å². The highest BCUT2D eigenvalue weighted by molar-refractivity contribution is 7.85. The van der Waals surface area contributed by atoms with Gasteiger partial charge in [0.1, 0.15) is 0 Å². The second kappa shape index (κ2) is 5.01. The average Bonchev–Trinajstić information content (AvgIpc) is 2.30. The second-order valence-electron chi connectivity index (χ2n) is 3.43. The van der Waals surface area contributed by atoms with Crippen LogP contribution in [0.4, 0.5) is 0 Å². The fourth-order valence-corrected chi connectivity index (χ4v) is 2.94. The highest BCUT2D eigenvalue weighted by Crippen LogP contribution is 2.15. The third kappa shape index (κ3) is 2.74. The molecule has 0 aromatic carbocycles. The lowest BCUT2D eigenvalue weighted by Gasteiger charge is -2.20. The van der Waals surface area contributed by atoms with Crippen molar-refractivity contribution in [1.82, 2.24) is 15.3 Å². The minimum atomic E-state index is -1.10. The summed E-state index contributed by atoms with van der Waals surface area (Å²) < 4.78 is 12.0. The first-order valence-corrected chi connectivity index (χ1v) is 6.45. The van der Waals surface area contributed by atoms with Gasteiger partial charge in [0, 0.05) is 5.25 Å². The predicted octanol–water partition coefficient (Wildman–Crippen LogP) is 0.990. The molecule has 15 heavy (non-hydrogen) atoms. The number of hydrogen-bond donors (Lipinski definition) is 1.